The Balaban J connectivity index is 2.98. The fourth-order valence-corrected chi connectivity index (χ4v) is 0.759. The van der Waals surface area contributed by atoms with Gasteiger partial charge in [0.15, 0.2) is 11.6 Å². The molecule has 2 nitrogen and oxygen atoms in total. The van der Waals surface area contributed by atoms with Crippen molar-refractivity contribution in [1.29, 1.82) is 5.26 Å². The standard InChI is InChI=1S/C8H6FNO/c9-7-2-1-6(3-4-10)5-8(7)11/h1-2,5,11H,3H2. The fourth-order valence-electron chi connectivity index (χ4n) is 0.759. The van der Waals surface area contributed by atoms with Gasteiger partial charge in [-0.2, -0.15) is 5.26 Å². The van der Waals surface area contributed by atoms with Crippen LogP contribution in [0.1, 0.15) is 5.56 Å². The summed E-state index contributed by atoms with van der Waals surface area (Å²) < 4.78 is 12.4. The molecule has 0 aromatic heterocycles. The van der Waals surface area contributed by atoms with E-state index in [1.807, 2.05) is 6.07 Å². The van der Waals surface area contributed by atoms with E-state index in [1.54, 1.807) is 0 Å². The number of benzene rings is 1. The van der Waals surface area contributed by atoms with Crippen LogP contribution in [0.3, 0.4) is 0 Å². The lowest BCUT2D eigenvalue weighted by atomic mass is 10.1. The first-order valence-corrected chi connectivity index (χ1v) is 3.08. The summed E-state index contributed by atoms with van der Waals surface area (Å²) in [6.07, 6.45) is 0.188. The predicted octanol–water partition coefficient (Wildman–Crippen LogP) is 1.60. The molecule has 0 atom stereocenters. The van der Waals surface area contributed by atoms with Crippen molar-refractivity contribution in [2.24, 2.45) is 0 Å². The molecule has 1 rings (SSSR count). The Kier molecular flexibility index (Phi) is 2.07. The topological polar surface area (TPSA) is 44.0 Å². The molecule has 0 radical (unpaired) electrons. The van der Waals surface area contributed by atoms with Gasteiger partial charge in [-0.3, -0.25) is 0 Å². The average Bonchev–Trinajstić information content (AvgIpc) is 1.98. The number of rotatable bonds is 1. The van der Waals surface area contributed by atoms with Crippen LogP contribution in [0, 0.1) is 17.1 Å². The summed E-state index contributed by atoms with van der Waals surface area (Å²) in [5.74, 6) is -1.07. The normalized spacial score (nSPS) is 9.09. The Morgan fingerprint density at radius 1 is 1.55 bits per heavy atom. The summed E-state index contributed by atoms with van der Waals surface area (Å²) in [7, 11) is 0. The maximum atomic E-state index is 12.4. The van der Waals surface area contributed by atoms with E-state index in [9.17, 15) is 4.39 Å². The second-order valence-electron chi connectivity index (χ2n) is 2.12. The molecule has 0 aliphatic carbocycles. The first-order valence-electron chi connectivity index (χ1n) is 3.08. The predicted molar refractivity (Wildman–Crippen MR) is 37.4 cm³/mol. The van der Waals surface area contributed by atoms with E-state index in [2.05, 4.69) is 0 Å². The number of phenolic OH excluding ortho intramolecular Hbond substituents is 1. The molecule has 11 heavy (non-hydrogen) atoms. The Labute approximate surface area is 63.5 Å². The van der Waals surface area contributed by atoms with Crippen molar-refractivity contribution >= 4 is 0 Å². The first-order chi connectivity index (χ1) is 5.24. The molecule has 0 amide bonds. The SMILES string of the molecule is N#CCc1ccc(F)c(O)c1. The number of hydrogen-bond acceptors (Lipinski definition) is 2. The summed E-state index contributed by atoms with van der Waals surface area (Å²) in [5, 5.41) is 17.1. The minimum absolute atomic E-state index is 0.188. The highest BCUT2D eigenvalue weighted by molar-refractivity contribution is 5.30. The lowest BCUT2D eigenvalue weighted by molar-refractivity contribution is 0.432. The largest absolute Gasteiger partial charge is 0.505 e. The second kappa shape index (κ2) is 3.02. The van der Waals surface area contributed by atoms with Gasteiger partial charge >= 0.3 is 0 Å². The molecular formula is C8H6FNO. The van der Waals surface area contributed by atoms with Crippen molar-refractivity contribution in [2.75, 3.05) is 0 Å². The van der Waals surface area contributed by atoms with Crippen molar-refractivity contribution < 1.29 is 9.50 Å². The average molecular weight is 151 g/mol. The maximum absolute atomic E-state index is 12.4. The van der Waals surface area contributed by atoms with Crippen LogP contribution in [0.15, 0.2) is 18.2 Å². The minimum atomic E-state index is -0.660. The molecular weight excluding hydrogens is 145 g/mol. The molecule has 1 aromatic carbocycles. The minimum Gasteiger partial charge on any atom is -0.505 e. The van der Waals surface area contributed by atoms with Gasteiger partial charge in [-0.05, 0) is 17.7 Å². The maximum Gasteiger partial charge on any atom is 0.164 e. The summed E-state index contributed by atoms with van der Waals surface area (Å²) in [5.41, 5.74) is 0.617. The quantitative estimate of drug-likeness (QED) is 0.662. The zero-order valence-corrected chi connectivity index (χ0v) is 5.71. The lowest BCUT2D eigenvalue weighted by Crippen LogP contribution is -1.82. The van der Waals surface area contributed by atoms with Crippen LogP contribution in [0.4, 0.5) is 4.39 Å². The van der Waals surface area contributed by atoms with Gasteiger partial charge in [0, 0.05) is 0 Å². The molecule has 0 heterocycles. The van der Waals surface area contributed by atoms with E-state index in [0.29, 0.717) is 5.56 Å². The van der Waals surface area contributed by atoms with Gasteiger partial charge < -0.3 is 5.11 Å². The van der Waals surface area contributed by atoms with Crippen LogP contribution >= 0.6 is 0 Å². The van der Waals surface area contributed by atoms with Gasteiger partial charge in [-0.15, -0.1) is 0 Å². The zero-order valence-electron chi connectivity index (χ0n) is 5.71. The molecule has 0 saturated carbocycles. The Morgan fingerprint density at radius 2 is 2.27 bits per heavy atom. The molecule has 0 spiro atoms. The molecule has 3 heteroatoms. The van der Waals surface area contributed by atoms with E-state index < -0.39 is 11.6 Å². The third-order valence-corrected chi connectivity index (χ3v) is 1.29. The van der Waals surface area contributed by atoms with E-state index in [4.69, 9.17) is 10.4 Å². The molecule has 0 bridgehead atoms. The van der Waals surface area contributed by atoms with Crippen molar-refractivity contribution in [3.63, 3.8) is 0 Å². The van der Waals surface area contributed by atoms with E-state index in [1.165, 1.54) is 12.1 Å². The molecule has 0 aliphatic heterocycles. The van der Waals surface area contributed by atoms with Gasteiger partial charge in [0.1, 0.15) is 0 Å². The summed E-state index contributed by atoms with van der Waals surface area (Å²) >= 11 is 0. The van der Waals surface area contributed by atoms with Gasteiger partial charge in [0.05, 0.1) is 12.5 Å². The number of nitrogens with zero attached hydrogens (tertiary/aromatic N) is 1. The van der Waals surface area contributed by atoms with Crippen LogP contribution in [-0.2, 0) is 6.42 Å². The Bertz CT molecular complexity index is 303. The van der Waals surface area contributed by atoms with Gasteiger partial charge in [-0.1, -0.05) is 6.07 Å². The number of nitriles is 1. The summed E-state index contributed by atoms with van der Waals surface area (Å²) in [6, 6.07) is 5.76. The van der Waals surface area contributed by atoms with E-state index in [0.717, 1.165) is 6.07 Å². The molecule has 1 N–H and O–H groups in total. The Hall–Kier alpha value is -1.56. The number of aromatic hydroxyl groups is 1. The molecule has 0 unspecified atom stereocenters. The molecule has 0 aliphatic rings. The van der Waals surface area contributed by atoms with Gasteiger partial charge in [-0.25, -0.2) is 4.39 Å². The van der Waals surface area contributed by atoms with Gasteiger partial charge in [0.2, 0.25) is 0 Å². The van der Waals surface area contributed by atoms with Crippen LogP contribution < -0.4 is 0 Å². The highest BCUT2D eigenvalue weighted by Crippen LogP contribution is 2.16. The highest BCUT2D eigenvalue weighted by Gasteiger charge is 1.99. The van der Waals surface area contributed by atoms with Crippen molar-refractivity contribution in [2.45, 2.75) is 6.42 Å². The highest BCUT2D eigenvalue weighted by atomic mass is 19.1. The fraction of sp³-hybridized carbons (Fsp3) is 0.125. The molecule has 0 fully saturated rings. The molecule has 0 saturated heterocycles. The Morgan fingerprint density at radius 3 is 2.82 bits per heavy atom. The van der Waals surface area contributed by atoms with Crippen LogP contribution in [0.25, 0.3) is 0 Å². The molecule has 56 valence electrons. The number of phenols is 1. The second-order valence-corrected chi connectivity index (χ2v) is 2.12. The zero-order chi connectivity index (χ0) is 8.27. The third-order valence-electron chi connectivity index (χ3n) is 1.29. The summed E-state index contributed by atoms with van der Waals surface area (Å²) in [4.78, 5) is 0. The lowest BCUT2D eigenvalue weighted by Gasteiger charge is -1.96. The molecule has 1 aromatic rings. The van der Waals surface area contributed by atoms with Crippen molar-refractivity contribution in [1.82, 2.24) is 0 Å². The van der Waals surface area contributed by atoms with Crippen LogP contribution in [0.2, 0.25) is 0 Å². The van der Waals surface area contributed by atoms with Crippen molar-refractivity contribution in [3.05, 3.63) is 29.6 Å². The third kappa shape index (κ3) is 1.68. The van der Waals surface area contributed by atoms with E-state index >= 15 is 0 Å². The first kappa shape index (κ1) is 7.55. The van der Waals surface area contributed by atoms with Crippen LogP contribution in [-0.4, -0.2) is 5.11 Å². The number of halogens is 1. The van der Waals surface area contributed by atoms with Crippen molar-refractivity contribution in [3.8, 4) is 11.8 Å². The van der Waals surface area contributed by atoms with Crippen LogP contribution in [0.5, 0.6) is 5.75 Å². The van der Waals surface area contributed by atoms with E-state index in [-0.39, 0.29) is 6.42 Å². The monoisotopic (exact) mass is 151 g/mol. The van der Waals surface area contributed by atoms with Gasteiger partial charge in [0.25, 0.3) is 0 Å². The summed E-state index contributed by atoms with van der Waals surface area (Å²) in [6.45, 7) is 0. The number of hydrogen-bond donors (Lipinski definition) is 1. The smallest absolute Gasteiger partial charge is 0.164 e.